The van der Waals surface area contributed by atoms with Gasteiger partial charge in [0.1, 0.15) is 12.4 Å². The molecular weight excluding hydrogens is 241 g/mol. The van der Waals surface area contributed by atoms with Crippen molar-refractivity contribution >= 4 is 12.6 Å². The largest absolute Gasteiger partial charge is 0.492 e. The Morgan fingerprint density at radius 3 is 2.58 bits per heavy atom. The number of ether oxygens (including phenoxy) is 1. The highest BCUT2D eigenvalue weighted by atomic mass is 16.5. The maximum absolute atomic E-state index is 9.33. The van der Waals surface area contributed by atoms with Crippen molar-refractivity contribution < 1.29 is 14.8 Å². The lowest BCUT2D eigenvalue weighted by Crippen LogP contribution is -2.31. The summed E-state index contributed by atoms with van der Waals surface area (Å²) in [6.45, 7) is 4.20. The van der Waals surface area contributed by atoms with Gasteiger partial charge in [-0.3, -0.25) is 4.98 Å². The van der Waals surface area contributed by atoms with E-state index in [0.29, 0.717) is 17.8 Å². The topological polar surface area (TPSA) is 62.6 Å². The number of rotatable bonds is 4. The Morgan fingerprint density at radius 1 is 1.11 bits per heavy atom. The van der Waals surface area contributed by atoms with Crippen LogP contribution in [0.2, 0.25) is 0 Å². The van der Waals surface area contributed by atoms with Gasteiger partial charge < -0.3 is 14.8 Å². The van der Waals surface area contributed by atoms with Crippen molar-refractivity contribution in [3.05, 3.63) is 53.3 Å². The molecule has 0 aliphatic carbocycles. The van der Waals surface area contributed by atoms with Crippen molar-refractivity contribution in [3.63, 3.8) is 0 Å². The van der Waals surface area contributed by atoms with E-state index in [1.807, 2.05) is 26.0 Å². The van der Waals surface area contributed by atoms with Crippen molar-refractivity contribution in [2.24, 2.45) is 0 Å². The van der Waals surface area contributed by atoms with E-state index in [9.17, 15) is 10.0 Å². The molecular formula is C14H16BNO3. The van der Waals surface area contributed by atoms with Gasteiger partial charge in [0.15, 0.2) is 0 Å². The summed E-state index contributed by atoms with van der Waals surface area (Å²) >= 11 is 0. The lowest BCUT2D eigenvalue weighted by Gasteiger charge is -2.12. The SMILES string of the molecule is Cc1cncc(COc2ccc(C)cc2B(O)O)c1. The van der Waals surface area contributed by atoms with Gasteiger partial charge in [0.2, 0.25) is 0 Å². The molecule has 98 valence electrons. The number of nitrogens with zero attached hydrogens (tertiary/aromatic N) is 1. The Kier molecular flexibility index (Phi) is 4.19. The van der Waals surface area contributed by atoms with Crippen molar-refractivity contribution in [3.8, 4) is 5.75 Å². The molecule has 0 aliphatic heterocycles. The van der Waals surface area contributed by atoms with E-state index in [-0.39, 0.29) is 0 Å². The highest BCUT2D eigenvalue weighted by Crippen LogP contribution is 2.12. The van der Waals surface area contributed by atoms with Crippen LogP contribution in [0.1, 0.15) is 16.7 Å². The molecule has 1 aromatic heterocycles. The zero-order valence-corrected chi connectivity index (χ0v) is 11.0. The average Bonchev–Trinajstić information content (AvgIpc) is 2.37. The van der Waals surface area contributed by atoms with Gasteiger partial charge in [-0.2, -0.15) is 0 Å². The third-order valence-corrected chi connectivity index (χ3v) is 2.77. The molecule has 0 unspecified atom stereocenters. The fourth-order valence-corrected chi connectivity index (χ4v) is 1.86. The number of aromatic nitrogens is 1. The minimum atomic E-state index is -1.54. The summed E-state index contributed by atoms with van der Waals surface area (Å²) in [4.78, 5) is 4.09. The summed E-state index contributed by atoms with van der Waals surface area (Å²) in [5, 5.41) is 18.7. The van der Waals surface area contributed by atoms with E-state index in [2.05, 4.69) is 4.98 Å². The van der Waals surface area contributed by atoms with Crippen LogP contribution in [0.3, 0.4) is 0 Å². The first-order valence-electron chi connectivity index (χ1n) is 6.06. The molecule has 4 nitrogen and oxygen atoms in total. The fourth-order valence-electron chi connectivity index (χ4n) is 1.86. The van der Waals surface area contributed by atoms with Gasteiger partial charge in [-0.1, -0.05) is 17.7 Å². The zero-order chi connectivity index (χ0) is 13.8. The third kappa shape index (κ3) is 3.56. The van der Waals surface area contributed by atoms with Crippen LogP contribution in [0.15, 0.2) is 36.7 Å². The minimum absolute atomic E-state index is 0.345. The molecule has 0 atom stereocenters. The molecule has 1 aromatic carbocycles. The second-order valence-electron chi connectivity index (χ2n) is 4.57. The molecule has 2 aromatic rings. The van der Waals surface area contributed by atoms with Gasteiger partial charge in [0.05, 0.1) is 0 Å². The van der Waals surface area contributed by atoms with Crippen LogP contribution in [0.25, 0.3) is 0 Å². The molecule has 1 heterocycles. The standard InChI is InChI=1S/C14H16BNO3/c1-10-3-4-14(13(6-10)15(17)18)19-9-12-5-11(2)7-16-8-12/h3-8,17-18H,9H2,1-2H3. The van der Waals surface area contributed by atoms with E-state index in [1.165, 1.54) is 0 Å². The molecule has 2 rings (SSSR count). The summed E-state index contributed by atoms with van der Waals surface area (Å²) in [5.74, 6) is 0.474. The first-order chi connectivity index (χ1) is 9.06. The zero-order valence-electron chi connectivity index (χ0n) is 11.0. The predicted molar refractivity (Wildman–Crippen MR) is 74.3 cm³/mol. The number of aryl methyl sites for hydroxylation is 2. The van der Waals surface area contributed by atoms with E-state index in [1.54, 1.807) is 24.5 Å². The number of hydrogen-bond acceptors (Lipinski definition) is 4. The Balaban J connectivity index is 2.15. The van der Waals surface area contributed by atoms with Gasteiger partial charge in [0.25, 0.3) is 0 Å². The average molecular weight is 257 g/mol. The molecule has 19 heavy (non-hydrogen) atoms. The van der Waals surface area contributed by atoms with Crippen LogP contribution in [-0.2, 0) is 6.61 Å². The monoisotopic (exact) mass is 257 g/mol. The van der Waals surface area contributed by atoms with E-state index in [0.717, 1.165) is 16.7 Å². The molecule has 2 N–H and O–H groups in total. The molecule has 0 bridgehead atoms. The Labute approximate surface area is 112 Å². The van der Waals surface area contributed by atoms with Gasteiger partial charge in [0, 0.05) is 23.4 Å². The smallest absolute Gasteiger partial charge is 0.489 e. The van der Waals surface area contributed by atoms with Crippen LogP contribution < -0.4 is 10.2 Å². The van der Waals surface area contributed by atoms with Crippen molar-refractivity contribution in [2.45, 2.75) is 20.5 Å². The van der Waals surface area contributed by atoms with Gasteiger partial charge in [-0.15, -0.1) is 0 Å². The van der Waals surface area contributed by atoms with Crippen LogP contribution in [0, 0.1) is 13.8 Å². The molecule has 0 saturated carbocycles. The lowest BCUT2D eigenvalue weighted by molar-refractivity contribution is 0.306. The van der Waals surface area contributed by atoms with Crippen molar-refractivity contribution in [1.82, 2.24) is 4.98 Å². The highest BCUT2D eigenvalue weighted by Gasteiger charge is 2.17. The van der Waals surface area contributed by atoms with E-state index < -0.39 is 7.12 Å². The first kappa shape index (κ1) is 13.6. The summed E-state index contributed by atoms with van der Waals surface area (Å²) in [5.41, 5.74) is 3.33. The summed E-state index contributed by atoms with van der Waals surface area (Å²) in [6, 6.07) is 7.30. The quantitative estimate of drug-likeness (QED) is 0.801. The fraction of sp³-hybridized carbons (Fsp3) is 0.214. The number of pyridine rings is 1. The molecule has 0 saturated heterocycles. The third-order valence-electron chi connectivity index (χ3n) is 2.77. The predicted octanol–water partition coefficient (Wildman–Crippen LogP) is 0.957. The maximum atomic E-state index is 9.33. The Hall–Kier alpha value is -1.85. The van der Waals surface area contributed by atoms with E-state index in [4.69, 9.17) is 4.74 Å². The first-order valence-corrected chi connectivity index (χ1v) is 6.06. The molecule has 5 heteroatoms. The summed E-state index contributed by atoms with van der Waals surface area (Å²) in [7, 11) is -1.54. The summed E-state index contributed by atoms with van der Waals surface area (Å²) < 4.78 is 5.63. The van der Waals surface area contributed by atoms with Crippen LogP contribution in [0.4, 0.5) is 0 Å². The number of hydrogen-bond donors (Lipinski definition) is 2. The van der Waals surface area contributed by atoms with Crippen LogP contribution in [-0.4, -0.2) is 22.2 Å². The number of benzene rings is 1. The van der Waals surface area contributed by atoms with Crippen LogP contribution >= 0.6 is 0 Å². The van der Waals surface area contributed by atoms with Gasteiger partial charge in [-0.05, 0) is 31.5 Å². The Morgan fingerprint density at radius 2 is 1.89 bits per heavy atom. The second-order valence-corrected chi connectivity index (χ2v) is 4.57. The molecule has 0 radical (unpaired) electrons. The minimum Gasteiger partial charge on any atom is -0.489 e. The summed E-state index contributed by atoms with van der Waals surface area (Å²) in [6.07, 6.45) is 3.51. The highest BCUT2D eigenvalue weighted by molar-refractivity contribution is 6.59. The van der Waals surface area contributed by atoms with E-state index >= 15 is 0 Å². The van der Waals surface area contributed by atoms with Crippen molar-refractivity contribution in [1.29, 1.82) is 0 Å². The van der Waals surface area contributed by atoms with Crippen LogP contribution in [0.5, 0.6) is 5.75 Å². The van der Waals surface area contributed by atoms with Gasteiger partial charge in [-0.25, -0.2) is 0 Å². The molecule has 0 fully saturated rings. The molecule has 0 amide bonds. The normalized spacial score (nSPS) is 10.3. The van der Waals surface area contributed by atoms with Gasteiger partial charge >= 0.3 is 7.12 Å². The Bertz CT molecular complexity index is 572. The second kappa shape index (κ2) is 5.86. The van der Waals surface area contributed by atoms with Crippen molar-refractivity contribution in [2.75, 3.05) is 0 Å². The lowest BCUT2D eigenvalue weighted by atomic mass is 9.79. The molecule has 0 aliphatic rings. The molecule has 0 spiro atoms. The maximum Gasteiger partial charge on any atom is 0.492 e.